The summed E-state index contributed by atoms with van der Waals surface area (Å²) >= 11 is 4.53. The third-order valence-corrected chi connectivity index (χ3v) is 1.16. The van der Waals surface area contributed by atoms with E-state index in [1.54, 1.807) is 0 Å². The fraction of sp³-hybridized carbons (Fsp3) is 1.00. The summed E-state index contributed by atoms with van der Waals surface area (Å²) in [4.78, 5) is 0. The minimum absolute atomic E-state index is 0. The molecule has 0 radical (unpaired) electrons. The van der Waals surface area contributed by atoms with Crippen LogP contribution in [0.15, 0.2) is 0 Å². The van der Waals surface area contributed by atoms with Crippen LogP contribution in [0.25, 0.3) is 0 Å². The lowest BCUT2D eigenvalue weighted by Crippen LogP contribution is -1.39. The van der Waals surface area contributed by atoms with Crippen molar-refractivity contribution >= 4 is 44.0 Å². The molecule has 0 aromatic heterocycles. The second kappa shape index (κ2) is 16.5. The standard InChI is InChI=1S/C2H5PS.2ClH/c1-2-3-4;;/h2H2,1H3;2*1H. The fourth-order valence-corrected chi connectivity index (χ4v) is 0. The first kappa shape index (κ1) is 15.7. The highest BCUT2D eigenvalue weighted by Gasteiger charge is 1.49. The smallest absolute Gasteiger partial charge is 0.00300 e. The summed E-state index contributed by atoms with van der Waals surface area (Å²) in [6.45, 7) is 2.06. The Bertz CT molecular complexity index is 25.5. The molecular weight excluding hydrogens is 158 g/mol. The van der Waals surface area contributed by atoms with E-state index >= 15 is 0 Å². The van der Waals surface area contributed by atoms with Crippen molar-refractivity contribution in [3.63, 3.8) is 0 Å². The Kier molecular flexibility index (Phi) is 43.2. The van der Waals surface area contributed by atoms with E-state index in [1.807, 2.05) is 0 Å². The van der Waals surface area contributed by atoms with Crippen molar-refractivity contribution in [1.82, 2.24) is 0 Å². The van der Waals surface area contributed by atoms with Gasteiger partial charge in [-0.15, -0.1) is 24.8 Å². The van der Waals surface area contributed by atoms with E-state index in [1.165, 1.54) is 0 Å². The zero-order valence-corrected chi connectivity index (χ0v) is 6.72. The van der Waals surface area contributed by atoms with Crippen molar-refractivity contribution < 1.29 is 0 Å². The molecular formula is C2H7Cl2PS. The molecule has 6 heavy (non-hydrogen) atoms. The predicted octanol–water partition coefficient (Wildman–Crippen LogP) is 2.26. The van der Waals surface area contributed by atoms with Crippen LogP contribution in [0, 0.1) is 0 Å². The van der Waals surface area contributed by atoms with Gasteiger partial charge in [0.15, 0.2) is 0 Å². The van der Waals surface area contributed by atoms with Crippen LogP contribution in [-0.4, -0.2) is 6.16 Å². The van der Waals surface area contributed by atoms with Crippen molar-refractivity contribution in [3.05, 3.63) is 0 Å². The van der Waals surface area contributed by atoms with Crippen LogP contribution in [0.2, 0.25) is 0 Å². The van der Waals surface area contributed by atoms with Crippen LogP contribution in [-0.2, 0) is 11.8 Å². The van der Waals surface area contributed by atoms with Gasteiger partial charge < -0.3 is 0 Å². The van der Waals surface area contributed by atoms with Crippen molar-refractivity contribution in [2.24, 2.45) is 0 Å². The zero-order valence-electron chi connectivity index (χ0n) is 3.38. The molecule has 0 aromatic rings. The summed E-state index contributed by atoms with van der Waals surface area (Å²) in [5, 5.41) is 0. The Morgan fingerprint density at radius 3 is 1.67 bits per heavy atom. The predicted molar refractivity (Wildman–Crippen MR) is 39.3 cm³/mol. The third kappa shape index (κ3) is 19.4. The van der Waals surface area contributed by atoms with Gasteiger partial charge in [-0.3, -0.25) is 0 Å². The maximum atomic E-state index is 4.53. The van der Waals surface area contributed by atoms with Crippen molar-refractivity contribution in [2.75, 3.05) is 6.16 Å². The summed E-state index contributed by atoms with van der Waals surface area (Å²) in [7, 11) is 1.08. The molecule has 0 amide bonds. The molecule has 0 atom stereocenters. The van der Waals surface area contributed by atoms with Crippen LogP contribution in [0.5, 0.6) is 0 Å². The van der Waals surface area contributed by atoms with E-state index < -0.39 is 0 Å². The van der Waals surface area contributed by atoms with Crippen LogP contribution in [0.1, 0.15) is 6.92 Å². The van der Waals surface area contributed by atoms with E-state index in [9.17, 15) is 0 Å². The second-order valence-electron chi connectivity index (χ2n) is 0.445. The van der Waals surface area contributed by atoms with Crippen LogP contribution < -0.4 is 0 Å². The third-order valence-electron chi connectivity index (χ3n) is 0.129. The average molecular weight is 165 g/mol. The lowest BCUT2D eigenvalue weighted by molar-refractivity contribution is 1.53. The Hall–Kier alpha value is 1.10. The van der Waals surface area contributed by atoms with Gasteiger partial charge in [0.1, 0.15) is 0 Å². The van der Waals surface area contributed by atoms with Crippen LogP contribution in [0.4, 0.5) is 0 Å². The highest BCUT2D eigenvalue weighted by atomic mass is 35.5. The van der Waals surface area contributed by atoms with Gasteiger partial charge in [0.25, 0.3) is 0 Å². The molecule has 0 saturated carbocycles. The van der Waals surface area contributed by atoms with E-state index in [2.05, 4.69) is 18.7 Å². The quantitative estimate of drug-likeness (QED) is 0.537. The normalized spacial score (nSPS) is 5.50. The molecule has 0 heterocycles. The van der Waals surface area contributed by atoms with Gasteiger partial charge in [0.05, 0.1) is 0 Å². The Morgan fingerprint density at radius 1 is 1.50 bits per heavy atom. The van der Waals surface area contributed by atoms with Crippen LogP contribution in [0.3, 0.4) is 0 Å². The van der Waals surface area contributed by atoms with Crippen molar-refractivity contribution in [1.29, 1.82) is 0 Å². The van der Waals surface area contributed by atoms with E-state index in [0.717, 1.165) is 13.5 Å². The molecule has 0 unspecified atom stereocenters. The monoisotopic (exact) mass is 164 g/mol. The highest BCUT2D eigenvalue weighted by Crippen LogP contribution is 1.83. The summed E-state index contributed by atoms with van der Waals surface area (Å²) in [6, 6.07) is 0. The molecule has 40 valence electrons. The molecule has 0 nitrogen and oxygen atoms in total. The molecule has 0 bridgehead atoms. The topological polar surface area (TPSA) is 0 Å². The van der Waals surface area contributed by atoms with Gasteiger partial charge in [-0.25, -0.2) is 0 Å². The zero-order chi connectivity index (χ0) is 3.41. The SMILES string of the molecule is CCP=S.Cl.Cl. The molecule has 0 spiro atoms. The second-order valence-corrected chi connectivity index (χ2v) is 2.11. The molecule has 0 fully saturated rings. The van der Waals surface area contributed by atoms with Gasteiger partial charge in [0, 0.05) is 0 Å². The minimum Gasteiger partial charge on any atom is -0.147 e. The lowest BCUT2D eigenvalue weighted by Gasteiger charge is -1.53. The van der Waals surface area contributed by atoms with Gasteiger partial charge >= 0.3 is 0 Å². The maximum absolute atomic E-state index is 4.53. The Balaban J connectivity index is -0.0000000450. The van der Waals surface area contributed by atoms with Crippen LogP contribution >= 0.6 is 32.2 Å². The summed E-state index contributed by atoms with van der Waals surface area (Å²) < 4.78 is 0. The molecule has 0 aliphatic rings. The first-order valence-corrected chi connectivity index (χ1v) is 3.30. The summed E-state index contributed by atoms with van der Waals surface area (Å²) in [6.07, 6.45) is 1.11. The minimum atomic E-state index is 0. The molecule has 0 rings (SSSR count). The van der Waals surface area contributed by atoms with Crippen molar-refractivity contribution in [2.45, 2.75) is 6.92 Å². The number of hydrogen-bond donors (Lipinski definition) is 0. The number of hydrogen-bond acceptors (Lipinski definition) is 1. The highest BCUT2D eigenvalue weighted by molar-refractivity contribution is 7.96. The number of halogens is 2. The summed E-state index contributed by atoms with van der Waals surface area (Å²) in [5.74, 6) is 0. The molecule has 0 aliphatic heterocycles. The van der Waals surface area contributed by atoms with E-state index in [-0.39, 0.29) is 24.8 Å². The maximum Gasteiger partial charge on any atom is -0.00300 e. The molecule has 0 saturated heterocycles. The number of rotatable bonds is 1. The van der Waals surface area contributed by atoms with E-state index in [4.69, 9.17) is 0 Å². The Morgan fingerprint density at radius 2 is 1.67 bits per heavy atom. The first-order chi connectivity index (χ1) is 1.91. The molecule has 4 heteroatoms. The Labute approximate surface area is 57.4 Å². The largest absolute Gasteiger partial charge is 0.147 e. The average Bonchev–Trinajstić information content (AvgIpc) is 1.37. The van der Waals surface area contributed by atoms with Gasteiger partial charge in [-0.1, -0.05) is 18.7 Å². The van der Waals surface area contributed by atoms with Gasteiger partial charge in [0.2, 0.25) is 0 Å². The molecule has 0 aliphatic carbocycles. The van der Waals surface area contributed by atoms with Gasteiger partial charge in [-0.2, -0.15) is 0 Å². The first-order valence-electron chi connectivity index (χ1n) is 1.21. The lowest BCUT2D eigenvalue weighted by atomic mass is 11.0. The molecule has 0 N–H and O–H groups in total. The molecule has 0 aromatic carbocycles. The fourth-order valence-electron chi connectivity index (χ4n) is 0. The van der Waals surface area contributed by atoms with Gasteiger partial charge in [-0.05, 0) is 13.5 Å². The summed E-state index contributed by atoms with van der Waals surface area (Å²) in [5.41, 5.74) is 0. The van der Waals surface area contributed by atoms with E-state index in [0.29, 0.717) is 0 Å². The van der Waals surface area contributed by atoms with Crippen molar-refractivity contribution in [3.8, 4) is 0 Å².